The summed E-state index contributed by atoms with van der Waals surface area (Å²) in [5.74, 6) is 0.660. The van der Waals surface area contributed by atoms with Crippen molar-refractivity contribution in [3.63, 3.8) is 0 Å². The van der Waals surface area contributed by atoms with E-state index in [9.17, 15) is 19.8 Å². The first-order valence-corrected chi connectivity index (χ1v) is 12.5. The van der Waals surface area contributed by atoms with Crippen LogP contribution in [0, 0.1) is 20.8 Å². The van der Waals surface area contributed by atoms with Gasteiger partial charge in [0.1, 0.15) is 56.5 Å². The maximum atomic E-state index is 12.7. The van der Waals surface area contributed by atoms with Crippen LogP contribution in [-0.4, -0.2) is 36.9 Å². The number of nitrogens with zero attached hydrogens (tertiary/aromatic N) is 2. The van der Waals surface area contributed by atoms with Gasteiger partial charge < -0.3 is 28.5 Å². The highest BCUT2D eigenvalue weighted by Gasteiger charge is 2.19. The molecule has 0 fully saturated rings. The standard InChI is InChI=1S/C31H26N2O8/c1-15-6-7-20(32-13-18-22(34)11-26-28(30(18)38-4)24(36)9-16(2)40-26)21(8-15)33-14-19-23(35)12-27-29(31(19)39-5)25(37)10-17(3)41-27/h6-14,34-35H,1-5H3. The van der Waals surface area contributed by atoms with Crippen molar-refractivity contribution in [3.8, 4) is 23.0 Å². The largest absolute Gasteiger partial charge is 0.507 e. The molecule has 0 radical (unpaired) electrons. The molecule has 10 heteroatoms. The zero-order valence-electron chi connectivity index (χ0n) is 22.9. The number of fused-ring (bicyclic) bond motifs is 2. The van der Waals surface area contributed by atoms with Gasteiger partial charge in [0.25, 0.3) is 0 Å². The van der Waals surface area contributed by atoms with E-state index in [1.807, 2.05) is 13.0 Å². The Morgan fingerprint density at radius 3 is 1.61 bits per heavy atom. The Labute approximate surface area is 233 Å². The number of ether oxygens (including phenoxy) is 2. The molecule has 5 aromatic rings. The Kier molecular flexibility index (Phi) is 7.06. The van der Waals surface area contributed by atoms with E-state index >= 15 is 0 Å². The van der Waals surface area contributed by atoms with Crippen LogP contribution < -0.4 is 20.3 Å². The lowest BCUT2D eigenvalue weighted by molar-refractivity contribution is 0.409. The van der Waals surface area contributed by atoms with Gasteiger partial charge in [-0.3, -0.25) is 19.6 Å². The number of rotatable bonds is 6. The molecule has 3 aromatic carbocycles. The van der Waals surface area contributed by atoms with E-state index in [-0.39, 0.29) is 66.9 Å². The zero-order chi connectivity index (χ0) is 29.4. The number of aromatic hydroxyl groups is 2. The van der Waals surface area contributed by atoms with Crippen LogP contribution >= 0.6 is 0 Å². The maximum absolute atomic E-state index is 12.7. The Hall–Kier alpha value is -5.38. The van der Waals surface area contributed by atoms with Gasteiger partial charge in [0.05, 0.1) is 36.7 Å². The Morgan fingerprint density at radius 1 is 0.683 bits per heavy atom. The Morgan fingerprint density at radius 2 is 1.15 bits per heavy atom. The van der Waals surface area contributed by atoms with Gasteiger partial charge >= 0.3 is 0 Å². The normalized spacial score (nSPS) is 11.7. The number of phenols is 2. The van der Waals surface area contributed by atoms with E-state index in [4.69, 9.17) is 18.3 Å². The first-order chi connectivity index (χ1) is 19.6. The highest BCUT2D eigenvalue weighted by molar-refractivity contribution is 6.01. The van der Waals surface area contributed by atoms with E-state index in [1.54, 1.807) is 26.0 Å². The monoisotopic (exact) mass is 554 g/mol. The van der Waals surface area contributed by atoms with E-state index in [2.05, 4.69) is 9.98 Å². The summed E-state index contributed by atoms with van der Waals surface area (Å²) in [5.41, 5.74) is 1.85. The lowest BCUT2D eigenvalue weighted by Gasteiger charge is -2.11. The number of benzene rings is 3. The summed E-state index contributed by atoms with van der Waals surface area (Å²) in [7, 11) is 2.77. The van der Waals surface area contributed by atoms with Crippen molar-refractivity contribution in [2.75, 3.05) is 14.2 Å². The molecule has 0 atom stereocenters. The SMILES string of the molecule is COc1c(C=Nc2ccc(C)cc2N=Cc2c(O)cc3oc(C)cc(=O)c3c2OC)c(O)cc2oc(C)cc(=O)c12. The summed E-state index contributed by atoms with van der Waals surface area (Å²) >= 11 is 0. The van der Waals surface area contributed by atoms with Gasteiger partial charge in [0.15, 0.2) is 10.9 Å². The van der Waals surface area contributed by atoms with E-state index in [1.165, 1.54) is 50.9 Å². The maximum Gasteiger partial charge on any atom is 0.196 e. The molecule has 0 spiro atoms. The van der Waals surface area contributed by atoms with Crippen molar-refractivity contribution in [2.45, 2.75) is 20.8 Å². The highest BCUT2D eigenvalue weighted by atomic mass is 16.5. The van der Waals surface area contributed by atoms with Crippen LogP contribution in [0.25, 0.3) is 21.9 Å². The van der Waals surface area contributed by atoms with Gasteiger partial charge in [-0.05, 0) is 38.5 Å². The van der Waals surface area contributed by atoms with Crippen molar-refractivity contribution in [1.82, 2.24) is 0 Å². The second-order valence-electron chi connectivity index (χ2n) is 9.38. The molecule has 0 aliphatic rings. The van der Waals surface area contributed by atoms with Crippen LogP contribution in [0.5, 0.6) is 23.0 Å². The van der Waals surface area contributed by atoms with Crippen molar-refractivity contribution in [1.29, 1.82) is 0 Å². The first-order valence-electron chi connectivity index (χ1n) is 12.5. The fourth-order valence-electron chi connectivity index (χ4n) is 4.61. The van der Waals surface area contributed by atoms with Crippen LogP contribution in [0.3, 0.4) is 0 Å². The summed E-state index contributed by atoms with van der Waals surface area (Å²) in [6.45, 7) is 5.17. The average Bonchev–Trinajstić information content (AvgIpc) is 2.90. The number of methoxy groups -OCH3 is 2. The molecule has 0 aliphatic carbocycles. The second kappa shape index (κ2) is 10.6. The van der Waals surface area contributed by atoms with Crippen LogP contribution in [-0.2, 0) is 0 Å². The lowest BCUT2D eigenvalue weighted by atomic mass is 10.1. The predicted octanol–water partition coefficient (Wildman–Crippen LogP) is 5.75. The fraction of sp³-hybridized carbons (Fsp3) is 0.161. The van der Waals surface area contributed by atoms with E-state index in [0.29, 0.717) is 22.9 Å². The molecule has 2 N–H and O–H groups in total. The van der Waals surface area contributed by atoms with Crippen molar-refractivity contribution >= 4 is 45.7 Å². The quantitative estimate of drug-likeness (QED) is 0.252. The summed E-state index contributed by atoms with van der Waals surface area (Å²) in [6, 6.07) is 10.7. The van der Waals surface area contributed by atoms with Gasteiger partial charge in [0, 0.05) is 36.7 Å². The molecule has 2 aromatic heterocycles. The number of hydrogen-bond donors (Lipinski definition) is 2. The topological polar surface area (TPSA) is 144 Å². The zero-order valence-corrected chi connectivity index (χ0v) is 22.9. The number of aryl methyl sites for hydroxylation is 3. The predicted molar refractivity (Wildman–Crippen MR) is 157 cm³/mol. The van der Waals surface area contributed by atoms with E-state index < -0.39 is 0 Å². The molecule has 5 rings (SSSR count). The summed E-state index contributed by atoms with van der Waals surface area (Å²) in [5, 5.41) is 21.8. The van der Waals surface area contributed by atoms with Crippen molar-refractivity contribution in [2.24, 2.45) is 9.98 Å². The third kappa shape index (κ3) is 5.03. The smallest absolute Gasteiger partial charge is 0.196 e. The molecule has 0 saturated heterocycles. The number of phenolic OH excluding ortho intramolecular Hbond substituents is 2. The molecule has 0 saturated carbocycles. The van der Waals surface area contributed by atoms with Crippen LogP contribution in [0.4, 0.5) is 11.4 Å². The molecule has 2 heterocycles. The van der Waals surface area contributed by atoms with Gasteiger partial charge in [-0.15, -0.1) is 0 Å². The average molecular weight is 555 g/mol. The third-order valence-electron chi connectivity index (χ3n) is 6.43. The van der Waals surface area contributed by atoms with Gasteiger partial charge in [-0.2, -0.15) is 0 Å². The van der Waals surface area contributed by atoms with E-state index in [0.717, 1.165) is 5.56 Å². The number of hydrogen-bond acceptors (Lipinski definition) is 10. The van der Waals surface area contributed by atoms with Gasteiger partial charge in [-0.1, -0.05) is 6.07 Å². The molecule has 0 unspecified atom stereocenters. The summed E-state index contributed by atoms with van der Waals surface area (Å²) < 4.78 is 22.2. The van der Waals surface area contributed by atoms with Crippen LogP contribution in [0.2, 0.25) is 0 Å². The summed E-state index contributed by atoms with van der Waals surface area (Å²) in [6.07, 6.45) is 2.75. The molecule has 41 heavy (non-hydrogen) atoms. The molecule has 208 valence electrons. The molecule has 10 nitrogen and oxygen atoms in total. The third-order valence-corrected chi connectivity index (χ3v) is 6.43. The number of aliphatic imine (C=N–C) groups is 2. The molecule has 0 aliphatic heterocycles. The van der Waals surface area contributed by atoms with Gasteiger partial charge in [-0.25, -0.2) is 0 Å². The fourth-order valence-corrected chi connectivity index (χ4v) is 4.61. The molecular formula is C31H26N2O8. The second-order valence-corrected chi connectivity index (χ2v) is 9.38. The minimum Gasteiger partial charge on any atom is -0.507 e. The summed E-state index contributed by atoms with van der Waals surface area (Å²) in [4.78, 5) is 34.4. The van der Waals surface area contributed by atoms with Crippen molar-refractivity contribution < 1.29 is 28.5 Å². The molecule has 0 amide bonds. The molecular weight excluding hydrogens is 528 g/mol. The minimum atomic E-state index is -0.316. The minimum absolute atomic E-state index is 0.120. The Bertz CT molecular complexity index is 2020. The highest BCUT2D eigenvalue weighted by Crippen LogP contribution is 2.37. The molecule has 0 bridgehead atoms. The Balaban J connectivity index is 1.62. The lowest BCUT2D eigenvalue weighted by Crippen LogP contribution is -2.05. The van der Waals surface area contributed by atoms with Crippen LogP contribution in [0.1, 0.15) is 28.2 Å². The van der Waals surface area contributed by atoms with Crippen LogP contribution in [0.15, 0.2) is 70.9 Å². The first kappa shape index (κ1) is 27.2. The van der Waals surface area contributed by atoms with Crippen molar-refractivity contribution in [3.05, 3.63) is 91.1 Å². The van der Waals surface area contributed by atoms with Gasteiger partial charge in [0.2, 0.25) is 0 Å².